The van der Waals surface area contributed by atoms with Crippen molar-refractivity contribution in [2.45, 2.75) is 24.3 Å². The van der Waals surface area contributed by atoms with Gasteiger partial charge in [-0.2, -0.15) is 4.31 Å². The maximum Gasteiger partial charge on any atom is 0.243 e. The summed E-state index contributed by atoms with van der Waals surface area (Å²) >= 11 is 7.76. The van der Waals surface area contributed by atoms with Crippen LogP contribution in [-0.4, -0.2) is 55.9 Å². The van der Waals surface area contributed by atoms with Crippen LogP contribution in [0.5, 0.6) is 11.5 Å². The molecule has 1 amide bonds. The highest BCUT2D eigenvalue weighted by molar-refractivity contribution is 7.89. The van der Waals surface area contributed by atoms with E-state index < -0.39 is 10.0 Å². The molecule has 0 saturated carbocycles. The molecule has 0 aliphatic carbocycles. The van der Waals surface area contributed by atoms with Crippen LogP contribution in [0.4, 0.5) is 5.13 Å². The van der Waals surface area contributed by atoms with Crippen LogP contribution < -0.4 is 14.4 Å². The first-order valence-electron chi connectivity index (χ1n) is 12.3. The number of fused-ring (bicyclic) bond motifs is 1. The number of methoxy groups -OCH3 is 2. The van der Waals surface area contributed by atoms with E-state index >= 15 is 0 Å². The maximum atomic E-state index is 13.9. The van der Waals surface area contributed by atoms with E-state index in [0.29, 0.717) is 45.7 Å². The normalized spacial score (nSPS) is 14.8. The summed E-state index contributed by atoms with van der Waals surface area (Å²) in [5, 5.41) is 1.01. The fraction of sp³-hybridized carbons (Fsp3) is 0.296. The van der Waals surface area contributed by atoms with Gasteiger partial charge in [0.2, 0.25) is 15.9 Å². The lowest BCUT2D eigenvalue weighted by Gasteiger charge is -2.33. The van der Waals surface area contributed by atoms with E-state index in [-0.39, 0.29) is 36.4 Å². The van der Waals surface area contributed by atoms with E-state index in [4.69, 9.17) is 26.1 Å². The molecule has 4 aromatic rings. The molecule has 0 spiro atoms. The van der Waals surface area contributed by atoms with Gasteiger partial charge in [-0.25, -0.2) is 13.4 Å². The number of benzene rings is 2. The first kappa shape index (κ1) is 27.3. The first-order valence-corrected chi connectivity index (χ1v) is 14.9. The highest BCUT2D eigenvalue weighted by Crippen LogP contribution is 2.40. The Morgan fingerprint density at radius 2 is 1.82 bits per heavy atom. The summed E-state index contributed by atoms with van der Waals surface area (Å²) in [6.45, 7) is 0.702. The van der Waals surface area contributed by atoms with Gasteiger partial charge < -0.3 is 9.47 Å². The van der Waals surface area contributed by atoms with Crippen LogP contribution in [0.2, 0.25) is 5.02 Å². The molecule has 2 aromatic heterocycles. The van der Waals surface area contributed by atoms with Gasteiger partial charge in [0.15, 0.2) is 5.13 Å². The molecule has 0 radical (unpaired) electrons. The lowest BCUT2D eigenvalue weighted by Crippen LogP contribution is -2.44. The average molecular weight is 587 g/mol. The van der Waals surface area contributed by atoms with E-state index in [1.165, 1.54) is 34.9 Å². The largest absolute Gasteiger partial charge is 0.497 e. The van der Waals surface area contributed by atoms with E-state index in [2.05, 4.69) is 4.98 Å². The number of hydrogen-bond acceptors (Lipinski definition) is 8. The minimum absolute atomic E-state index is 0.128. The zero-order valence-corrected chi connectivity index (χ0v) is 23.8. The molecule has 5 rings (SSSR count). The van der Waals surface area contributed by atoms with Crippen molar-refractivity contribution in [2.24, 2.45) is 5.92 Å². The number of sulfonamides is 1. The summed E-state index contributed by atoms with van der Waals surface area (Å²) in [4.78, 5) is 24.9. The predicted molar refractivity (Wildman–Crippen MR) is 151 cm³/mol. The standard InChI is InChI=1S/C27H27ClN4O5S2/c1-36-20-6-8-21(9-7-20)39(34,35)31-15-12-18(13-16-31)26(33)32(17-19-5-3-4-14-29-19)27-30-24-23(37-2)11-10-22(28)25(24)38-27/h3-11,14,18H,12-13,15-17H2,1-2H3. The fourth-order valence-electron chi connectivity index (χ4n) is 4.58. The molecule has 0 unspecified atom stereocenters. The lowest BCUT2D eigenvalue weighted by atomic mass is 9.96. The summed E-state index contributed by atoms with van der Waals surface area (Å²) in [7, 11) is -0.591. The van der Waals surface area contributed by atoms with Crippen molar-refractivity contribution in [3.8, 4) is 11.5 Å². The third-order valence-corrected chi connectivity index (χ3v) is 10.2. The van der Waals surface area contributed by atoms with Gasteiger partial charge in [0.25, 0.3) is 0 Å². The molecule has 1 saturated heterocycles. The zero-order valence-electron chi connectivity index (χ0n) is 21.4. The van der Waals surface area contributed by atoms with Crippen molar-refractivity contribution in [1.82, 2.24) is 14.3 Å². The molecular formula is C27H27ClN4O5S2. The Labute approximate surface area is 236 Å². The van der Waals surface area contributed by atoms with Crippen molar-refractivity contribution in [1.29, 1.82) is 0 Å². The Hall–Kier alpha value is -3.25. The van der Waals surface area contributed by atoms with E-state index in [0.717, 1.165) is 4.70 Å². The molecule has 0 bridgehead atoms. The molecule has 204 valence electrons. The summed E-state index contributed by atoms with van der Waals surface area (Å²) in [6.07, 6.45) is 2.46. The Morgan fingerprint density at radius 1 is 1.08 bits per heavy atom. The minimum atomic E-state index is -3.68. The SMILES string of the molecule is COc1ccc(S(=O)(=O)N2CCC(C(=O)N(Cc3ccccn3)c3nc4c(OC)ccc(Cl)c4s3)CC2)cc1. The molecule has 0 N–H and O–H groups in total. The Bertz CT molecular complexity index is 1570. The highest BCUT2D eigenvalue weighted by atomic mass is 35.5. The van der Waals surface area contributed by atoms with E-state index in [1.807, 2.05) is 18.2 Å². The zero-order chi connectivity index (χ0) is 27.6. The smallest absolute Gasteiger partial charge is 0.243 e. The van der Waals surface area contributed by atoms with Crippen molar-refractivity contribution in [3.63, 3.8) is 0 Å². The van der Waals surface area contributed by atoms with Gasteiger partial charge in [0.1, 0.15) is 17.0 Å². The van der Waals surface area contributed by atoms with Gasteiger partial charge in [-0.1, -0.05) is 29.0 Å². The molecule has 0 atom stereocenters. The molecule has 3 heterocycles. The highest BCUT2D eigenvalue weighted by Gasteiger charge is 2.35. The van der Waals surface area contributed by atoms with Crippen molar-refractivity contribution in [3.05, 3.63) is 71.5 Å². The van der Waals surface area contributed by atoms with Crippen LogP contribution in [0.15, 0.2) is 65.7 Å². The van der Waals surface area contributed by atoms with E-state index in [9.17, 15) is 13.2 Å². The van der Waals surface area contributed by atoms with Gasteiger partial charge in [-0.15, -0.1) is 0 Å². The van der Waals surface area contributed by atoms with Gasteiger partial charge >= 0.3 is 0 Å². The van der Waals surface area contributed by atoms with Gasteiger partial charge in [0, 0.05) is 25.2 Å². The molecule has 2 aromatic carbocycles. The fourth-order valence-corrected chi connectivity index (χ4v) is 7.31. The lowest BCUT2D eigenvalue weighted by molar-refractivity contribution is -0.123. The van der Waals surface area contributed by atoms with Crippen LogP contribution in [0.25, 0.3) is 10.2 Å². The number of hydrogen-bond donors (Lipinski definition) is 0. The Kier molecular flexibility index (Phi) is 8.03. The van der Waals surface area contributed by atoms with Gasteiger partial charge in [-0.3, -0.25) is 14.7 Å². The number of halogens is 1. The quantitative estimate of drug-likeness (QED) is 0.286. The predicted octanol–water partition coefficient (Wildman–Crippen LogP) is 5.00. The van der Waals surface area contributed by atoms with Crippen molar-refractivity contribution in [2.75, 3.05) is 32.2 Å². The number of anilines is 1. The average Bonchev–Trinajstić information content (AvgIpc) is 3.43. The van der Waals surface area contributed by atoms with Crippen molar-refractivity contribution >= 4 is 54.2 Å². The number of carbonyl (C=O) groups excluding carboxylic acids is 1. The number of thiazole rings is 1. The number of amides is 1. The molecule has 1 aliphatic heterocycles. The summed E-state index contributed by atoms with van der Waals surface area (Å²) in [5.74, 6) is 0.649. The van der Waals surface area contributed by atoms with E-state index in [1.54, 1.807) is 42.5 Å². The number of pyridine rings is 1. The second-order valence-corrected chi connectivity index (χ2v) is 12.3. The number of carbonyl (C=O) groups is 1. The molecule has 12 heteroatoms. The van der Waals surface area contributed by atoms with Crippen LogP contribution in [0, 0.1) is 5.92 Å². The van der Waals surface area contributed by atoms with Gasteiger partial charge in [0.05, 0.1) is 41.1 Å². The summed E-state index contributed by atoms with van der Waals surface area (Å²) < 4.78 is 39.2. The monoisotopic (exact) mass is 586 g/mol. The molecular weight excluding hydrogens is 560 g/mol. The Balaban J connectivity index is 1.39. The second kappa shape index (κ2) is 11.5. The molecule has 1 fully saturated rings. The number of ether oxygens (including phenoxy) is 2. The third kappa shape index (κ3) is 5.58. The molecule has 39 heavy (non-hydrogen) atoms. The van der Waals surface area contributed by atoms with Crippen LogP contribution in [0.1, 0.15) is 18.5 Å². The Morgan fingerprint density at radius 3 is 2.46 bits per heavy atom. The number of rotatable bonds is 8. The number of aromatic nitrogens is 2. The van der Waals surface area contributed by atoms with Crippen LogP contribution in [-0.2, 0) is 21.4 Å². The van der Waals surface area contributed by atoms with Gasteiger partial charge in [-0.05, 0) is 61.4 Å². The second-order valence-electron chi connectivity index (χ2n) is 9.02. The summed E-state index contributed by atoms with van der Waals surface area (Å²) in [5.41, 5.74) is 1.30. The minimum Gasteiger partial charge on any atom is -0.497 e. The van der Waals surface area contributed by atoms with Crippen LogP contribution in [0.3, 0.4) is 0 Å². The molecule has 1 aliphatic rings. The summed E-state index contributed by atoms with van der Waals surface area (Å²) in [6, 6.07) is 15.3. The number of piperidine rings is 1. The van der Waals surface area contributed by atoms with Crippen molar-refractivity contribution < 1.29 is 22.7 Å². The van der Waals surface area contributed by atoms with Crippen LogP contribution >= 0.6 is 22.9 Å². The molecule has 9 nitrogen and oxygen atoms in total. The number of nitrogens with zero attached hydrogens (tertiary/aromatic N) is 4. The first-order chi connectivity index (χ1) is 18.8. The topological polar surface area (TPSA) is 102 Å². The third-order valence-electron chi connectivity index (χ3n) is 6.71. The maximum absolute atomic E-state index is 13.9.